The van der Waals surface area contributed by atoms with Gasteiger partial charge in [-0.15, -0.1) is 0 Å². The van der Waals surface area contributed by atoms with Crippen molar-refractivity contribution in [3.05, 3.63) is 182 Å². The molecule has 0 rings (SSSR count). The summed E-state index contributed by atoms with van der Waals surface area (Å²) < 4.78 is 23.0. The Kier molecular flexibility index (Phi) is 73.7. The van der Waals surface area contributed by atoms with Gasteiger partial charge in [-0.1, -0.05) is 344 Å². The Morgan fingerprint density at radius 2 is 0.545 bits per heavy atom. The van der Waals surface area contributed by atoms with Gasteiger partial charge in [0.15, 0.2) is 6.10 Å². The minimum absolute atomic E-state index is 0.181. The van der Waals surface area contributed by atoms with Crippen LogP contribution in [0.15, 0.2) is 182 Å². The summed E-state index contributed by atoms with van der Waals surface area (Å²) >= 11 is 0. The largest absolute Gasteiger partial charge is 0.477 e. The molecule has 2 unspecified atom stereocenters. The number of ether oxygens (including phenoxy) is 4. The first-order valence-electron chi connectivity index (χ1n) is 39.9. The van der Waals surface area contributed by atoms with Gasteiger partial charge in [0, 0.05) is 12.8 Å². The third-order valence-electron chi connectivity index (χ3n) is 16.7. The molecule has 0 heterocycles. The number of unbranched alkanes of at least 4 members (excludes halogenated alkanes) is 27. The van der Waals surface area contributed by atoms with E-state index < -0.39 is 24.3 Å². The lowest BCUT2D eigenvalue weighted by molar-refractivity contribution is -0.870. The maximum absolute atomic E-state index is 13.0. The number of likely N-dealkylation sites (N-methyl/N-ethyl adjacent to an activating group) is 1. The van der Waals surface area contributed by atoms with E-state index in [2.05, 4.69) is 196 Å². The minimum atomic E-state index is -1.52. The molecule has 0 aromatic carbocycles. The first-order chi connectivity index (χ1) is 48.6. The van der Waals surface area contributed by atoms with Crippen LogP contribution in [-0.2, 0) is 33.3 Å². The number of hydrogen-bond donors (Lipinski definition) is 1. The molecule has 0 fully saturated rings. The summed E-state index contributed by atoms with van der Waals surface area (Å²) in [5.41, 5.74) is 0. The van der Waals surface area contributed by atoms with Gasteiger partial charge < -0.3 is 28.5 Å². The summed E-state index contributed by atoms with van der Waals surface area (Å²) in [5, 5.41) is 9.78. The number of carbonyl (C=O) groups is 3. The van der Waals surface area contributed by atoms with Gasteiger partial charge in [-0.2, -0.15) is 0 Å². The van der Waals surface area contributed by atoms with Crippen molar-refractivity contribution in [2.24, 2.45) is 0 Å². The van der Waals surface area contributed by atoms with Crippen LogP contribution in [0.2, 0.25) is 0 Å². The van der Waals surface area contributed by atoms with Gasteiger partial charge in [0.1, 0.15) is 13.2 Å². The number of aliphatic carboxylic acids is 1. The number of nitrogens with zero attached hydrogens (tertiary/aromatic N) is 1. The molecule has 0 amide bonds. The molecule has 0 saturated heterocycles. The van der Waals surface area contributed by atoms with Crippen molar-refractivity contribution in [1.29, 1.82) is 0 Å². The Hall–Kier alpha value is -5.61. The predicted octanol–water partition coefficient (Wildman–Crippen LogP) is 25.9. The smallest absolute Gasteiger partial charge is 0.361 e. The van der Waals surface area contributed by atoms with Crippen LogP contribution in [0.5, 0.6) is 0 Å². The highest BCUT2D eigenvalue weighted by molar-refractivity contribution is 5.71. The highest BCUT2D eigenvalue weighted by atomic mass is 16.7. The van der Waals surface area contributed by atoms with Crippen molar-refractivity contribution < 1.29 is 42.9 Å². The zero-order valence-electron chi connectivity index (χ0n) is 64.1. The topological polar surface area (TPSA) is 108 Å². The van der Waals surface area contributed by atoms with Crippen LogP contribution in [-0.4, -0.2) is 87.4 Å². The highest BCUT2D eigenvalue weighted by Crippen LogP contribution is 2.17. The number of esters is 2. The van der Waals surface area contributed by atoms with Crippen LogP contribution in [0.1, 0.15) is 309 Å². The fraction of sp³-hybridized carbons (Fsp3) is 0.633. The van der Waals surface area contributed by atoms with Crippen molar-refractivity contribution in [2.75, 3.05) is 47.5 Å². The van der Waals surface area contributed by atoms with Crippen LogP contribution in [0.25, 0.3) is 0 Å². The number of carboxylic acids is 1. The van der Waals surface area contributed by atoms with E-state index in [0.29, 0.717) is 23.9 Å². The van der Waals surface area contributed by atoms with E-state index in [4.69, 9.17) is 18.9 Å². The Morgan fingerprint density at radius 1 is 0.303 bits per heavy atom. The highest BCUT2D eigenvalue weighted by Gasteiger charge is 2.25. The van der Waals surface area contributed by atoms with E-state index in [1.54, 1.807) is 0 Å². The van der Waals surface area contributed by atoms with Crippen LogP contribution >= 0.6 is 0 Å². The van der Waals surface area contributed by atoms with E-state index in [-0.39, 0.29) is 32.2 Å². The molecule has 0 aromatic rings. The summed E-state index contributed by atoms with van der Waals surface area (Å²) in [5.74, 6) is -2.01. The van der Waals surface area contributed by atoms with Gasteiger partial charge in [0.25, 0.3) is 6.29 Å². The third-order valence-corrected chi connectivity index (χ3v) is 16.7. The average molecular weight is 1370 g/mol. The second-order valence-corrected chi connectivity index (χ2v) is 27.3. The lowest BCUT2D eigenvalue weighted by Gasteiger charge is -2.25. The van der Waals surface area contributed by atoms with Crippen LogP contribution in [0.3, 0.4) is 0 Å². The summed E-state index contributed by atoms with van der Waals surface area (Å²) in [7, 11) is 5.98. The van der Waals surface area contributed by atoms with Crippen LogP contribution in [0.4, 0.5) is 0 Å². The molecule has 0 bridgehead atoms. The molecule has 0 aromatic heterocycles. The van der Waals surface area contributed by atoms with Gasteiger partial charge in [-0.05, 0) is 135 Å². The minimum Gasteiger partial charge on any atom is -0.477 e. The van der Waals surface area contributed by atoms with Gasteiger partial charge in [-0.25, -0.2) is 4.79 Å². The molecule has 0 aliphatic rings. The molecule has 9 nitrogen and oxygen atoms in total. The monoisotopic (exact) mass is 1370 g/mol. The molecule has 0 saturated carbocycles. The first kappa shape index (κ1) is 93.4. The van der Waals surface area contributed by atoms with E-state index in [1.807, 2.05) is 21.1 Å². The lowest BCUT2D eigenvalue weighted by Crippen LogP contribution is -2.40. The number of carboxylic acid groups (broad SMARTS) is 1. The first-order valence-corrected chi connectivity index (χ1v) is 39.9. The zero-order valence-corrected chi connectivity index (χ0v) is 64.1. The van der Waals surface area contributed by atoms with Crippen molar-refractivity contribution in [3.63, 3.8) is 0 Å². The normalized spacial score (nSPS) is 13.7. The molecule has 560 valence electrons. The Morgan fingerprint density at radius 3 is 0.808 bits per heavy atom. The number of hydrogen-bond acceptors (Lipinski definition) is 7. The van der Waals surface area contributed by atoms with Crippen molar-refractivity contribution in [2.45, 2.75) is 322 Å². The van der Waals surface area contributed by atoms with Crippen LogP contribution < -0.4 is 0 Å². The summed E-state index contributed by atoms with van der Waals surface area (Å²) in [6, 6.07) is 0. The summed E-state index contributed by atoms with van der Waals surface area (Å²) in [6.07, 6.45) is 116. The fourth-order valence-electron chi connectivity index (χ4n) is 10.7. The van der Waals surface area contributed by atoms with E-state index in [9.17, 15) is 19.5 Å². The number of quaternary nitrogens is 1. The molecule has 0 radical (unpaired) electrons. The molecule has 9 heteroatoms. The van der Waals surface area contributed by atoms with Gasteiger partial charge >= 0.3 is 17.9 Å². The van der Waals surface area contributed by atoms with E-state index in [0.717, 1.165) is 135 Å². The second-order valence-electron chi connectivity index (χ2n) is 27.3. The van der Waals surface area contributed by atoms with Gasteiger partial charge in [-0.3, -0.25) is 9.59 Å². The maximum Gasteiger partial charge on any atom is 0.361 e. The molecule has 1 N–H and O–H groups in total. The molecule has 0 spiro atoms. The molecule has 0 aliphatic heterocycles. The standard InChI is InChI=1S/C90H147NO8/c1-6-8-10-12-14-16-18-20-22-24-26-28-30-32-34-36-38-40-41-42-43-44-45-46-47-49-51-53-55-57-59-61-63-65-67-69-71-73-75-77-79-81-88(93)99-86(85-98-90(89(94)95)96-83-82-91(3,4)5)84-97-87(92)80-78-76-74-72-70-68-66-64-62-60-58-56-54-52-50-48-39-37-35-33-31-29-27-25-23-21-19-17-15-13-11-9-7-2/h8-11,14-17,20-23,26-29,32-35,38-40,42-43,45-46,48-49,51,86,90H,6-7,12-13,18-19,24-25,30-31,36-37,41,44,47,50,52-85H2,1-5H3/p+1/b10-8-,11-9-,16-14-,17-15-,22-20-,23-21-,28-26-,29-27-,34-32-,35-33-,40-38-,43-42-,46-45-,48-39-,51-49-. The summed E-state index contributed by atoms with van der Waals surface area (Å²) in [6.45, 7) is 4.65. The third kappa shape index (κ3) is 79.6. The maximum atomic E-state index is 13.0. The quantitative estimate of drug-likeness (QED) is 0.0211. The van der Waals surface area contributed by atoms with Gasteiger partial charge in [0.2, 0.25) is 0 Å². The second kappa shape index (κ2) is 78.1. The molecular weight excluding hydrogens is 1220 g/mol. The number of rotatable bonds is 72. The van der Waals surface area contributed by atoms with Crippen LogP contribution in [0, 0.1) is 0 Å². The lowest BCUT2D eigenvalue weighted by atomic mass is 10.0. The van der Waals surface area contributed by atoms with Crippen molar-refractivity contribution >= 4 is 17.9 Å². The predicted molar refractivity (Wildman–Crippen MR) is 428 cm³/mol. The zero-order chi connectivity index (χ0) is 71.8. The number of carbonyl (C=O) groups excluding carboxylic acids is 2. The van der Waals surface area contributed by atoms with Crippen molar-refractivity contribution in [3.8, 4) is 0 Å². The molecule has 0 aliphatic carbocycles. The molecule has 2 atom stereocenters. The molecular formula is C90H148NO8+. The Bertz CT molecular complexity index is 2290. The summed E-state index contributed by atoms with van der Waals surface area (Å²) in [4.78, 5) is 37.8. The fourth-order valence-corrected chi connectivity index (χ4v) is 10.7. The van der Waals surface area contributed by atoms with Gasteiger partial charge in [0.05, 0.1) is 34.4 Å². The van der Waals surface area contributed by atoms with E-state index in [1.165, 1.54) is 141 Å². The number of allylic oxidation sites excluding steroid dienone is 30. The SMILES string of the molecule is CC/C=C\C/C=C\C/C=C\C/C=C\C/C=C\C/C=C\C/C=C\C/C=C\C/C=C\CCCCCCCCCCCCCCCC(=O)OC(COC(=O)CCCCCCCCCCCCCCCC/C=C\C/C=C\C/C=C\C/C=C\C/C=C\C/C=C\CC)COC(OCC[N+](C)(C)C)C(=O)O. The molecule has 99 heavy (non-hydrogen) atoms. The Balaban J connectivity index is 4.09. The average Bonchev–Trinajstić information content (AvgIpc) is 2.62. The Labute approximate surface area is 609 Å². The van der Waals surface area contributed by atoms with E-state index >= 15 is 0 Å². The van der Waals surface area contributed by atoms with Crippen molar-refractivity contribution in [1.82, 2.24) is 0 Å².